The van der Waals surface area contributed by atoms with Crippen LogP contribution in [0, 0.1) is 11.3 Å². The highest BCUT2D eigenvalue weighted by Crippen LogP contribution is 2.37. The molecule has 3 aromatic rings. The van der Waals surface area contributed by atoms with Crippen molar-refractivity contribution >= 4 is 50.3 Å². The van der Waals surface area contributed by atoms with Crippen LogP contribution in [0.4, 0.5) is 5.00 Å². The summed E-state index contributed by atoms with van der Waals surface area (Å²) in [6.45, 7) is 0.366. The minimum absolute atomic E-state index is 0.366. The number of thiophene rings is 1. The number of hydrogen-bond donors (Lipinski definition) is 2. The molecular weight excluding hydrogens is 516 g/mol. The number of rotatable bonds is 6. The maximum atomic E-state index is 12.4. The van der Waals surface area contributed by atoms with Crippen molar-refractivity contribution in [3.05, 3.63) is 80.1 Å². The minimum Gasteiger partial charge on any atom is -0.488 e. The first kappa shape index (κ1) is 23.7. The number of hydrogen-bond acceptors (Lipinski definition) is 6. The summed E-state index contributed by atoms with van der Waals surface area (Å²) in [5, 5.41) is 16.4. The van der Waals surface area contributed by atoms with E-state index in [0.29, 0.717) is 28.5 Å². The van der Waals surface area contributed by atoms with E-state index >= 15 is 0 Å². The lowest BCUT2D eigenvalue weighted by Crippen LogP contribution is -2.32. The van der Waals surface area contributed by atoms with Gasteiger partial charge in [-0.15, -0.1) is 11.3 Å². The highest BCUT2D eigenvalue weighted by atomic mass is 79.9. The number of amides is 2. The van der Waals surface area contributed by atoms with Gasteiger partial charge in [-0.1, -0.05) is 40.2 Å². The summed E-state index contributed by atoms with van der Waals surface area (Å²) < 4.78 is 6.86. The number of aryl methyl sites for hydroxylation is 1. The minimum atomic E-state index is -0.918. The van der Waals surface area contributed by atoms with Gasteiger partial charge in [0.2, 0.25) is 0 Å². The average molecular weight is 537 g/mol. The van der Waals surface area contributed by atoms with Crippen LogP contribution in [0.25, 0.3) is 0 Å². The van der Waals surface area contributed by atoms with Gasteiger partial charge in [0.1, 0.15) is 23.4 Å². The van der Waals surface area contributed by atoms with Gasteiger partial charge in [0.05, 0.1) is 11.8 Å². The number of anilines is 1. The van der Waals surface area contributed by atoms with Gasteiger partial charge in [0, 0.05) is 14.9 Å². The Morgan fingerprint density at radius 1 is 1.15 bits per heavy atom. The predicted molar refractivity (Wildman–Crippen MR) is 135 cm³/mol. The monoisotopic (exact) mass is 536 g/mol. The van der Waals surface area contributed by atoms with Crippen LogP contribution in [0.5, 0.6) is 5.75 Å². The van der Waals surface area contributed by atoms with Crippen LogP contribution in [0.15, 0.2) is 58.1 Å². The van der Waals surface area contributed by atoms with Crippen LogP contribution >= 0.6 is 27.3 Å². The largest absolute Gasteiger partial charge is 0.488 e. The van der Waals surface area contributed by atoms with Crippen LogP contribution in [0.1, 0.15) is 40.0 Å². The third-order valence-corrected chi connectivity index (χ3v) is 6.99. The maximum Gasteiger partial charge on any atom is 0.329 e. The van der Waals surface area contributed by atoms with Gasteiger partial charge in [-0.25, -0.2) is 5.43 Å². The van der Waals surface area contributed by atoms with E-state index in [9.17, 15) is 14.9 Å². The normalized spacial score (nSPS) is 12.6. The van der Waals surface area contributed by atoms with Crippen LogP contribution in [-0.4, -0.2) is 18.0 Å². The molecule has 1 aliphatic rings. The second-order valence-corrected chi connectivity index (χ2v) is 9.66. The van der Waals surface area contributed by atoms with E-state index in [1.807, 2.05) is 36.4 Å². The summed E-state index contributed by atoms with van der Waals surface area (Å²) in [5.41, 5.74) is 5.34. The lowest BCUT2D eigenvalue weighted by molar-refractivity contribution is -0.136. The molecule has 0 bridgehead atoms. The van der Waals surface area contributed by atoms with Crippen LogP contribution < -0.4 is 15.5 Å². The number of carbonyl (C=O) groups excluding carboxylic acids is 2. The van der Waals surface area contributed by atoms with E-state index in [0.717, 1.165) is 46.2 Å². The first-order valence-corrected chi connectivity index (χ1v) is 12.3. The number of nitrogens with zero attached hydrogens (tertiary/aromatic N) is 2. The third kappa shape index (κ3) is 5.71. The van der Waals surface area contributed by atoms with Crippen molar-refractivity contribution in [2.24, 2.45) is 5.10 Å². The van der Waals surface area contributed by atoms with Gasteiger partial charge >= 0.3 is 11.8 Å². The van der Waals surface area contributed by atoms with E-state index in [-0.39, 0.29) is 0 Å². The van der Waals surface area contributed by atoms with Gasteiger partial charge in [0.15, 0.2) is 0 Å². The molecule has 2 amide bonds. The van der Waals surface area contributed by atoms with Crippen LogP contribution in [-0.2, 0) is 29.0 Å². The Morgan fingerprint density at radius 2 is 1.97 bits per heavy atom. The fourth-order valence-electron chi connectivity index (χ4n) is 3.65. The van der Waals surface area contributed by atoms with Crippen molar-refractivity contribution in [3.8, 4) is 11.8 Å². The summed E-state index contributed by atoms with van der Waals surface area (Å²) in [5.74, 6) is -1.20. The molecule has 0 fully saturated rings. The molecule has 0 spiro atoms. The van der Waals surface area contributed by atoms with Crippen molar-refractivity contribution in [1.29, 1.82) is 5.26 Å². The molecule has 4 rings (SSSR count). The summed E-state index contributed by atoms with van der Waals surface area (Å²) in [7, 11) is 0. The Hall–Kier alpha value is -3.48. The fourth-order valence-corrected chi connectivity index (χ4v) is 5.33. The molecule has 1 aromatic heterocycles. The number of carbonyl (C=O) groups is 2. The molecule has 0 unspecified atom stereocenters. The Morgan fingerprint density at radius 3 is 2.79 bits per heavy atom. The highest BCUT2D eigenvalue weighted by Gasteiger charge is 2.23. The second kappa shape index (κ2) is 11.1. The molecule has 1 heterocycles. The first-order valence-electron chi connectivity index (χ1n) is 10.7. The molecule has 0 atom stereocenters. The molecule has 2 aromatic carbocycles. The van der Waals surface area contributed by atoms with Crippen molar-refractivity contribution < 1.29 is 14.3 Å². The smallest absolute Gasteiger partial charge is 0.329 e. The Kier molecular flexibility index (Phi) is 7.72. The average Bonchev–Trinajstić information content (AvgIpc) is 3.20. The van der Waals surface area contributed by atoms with E-state index < -0.39 is 11.8 Å². The number of hydrazone groups is 1. The topological polar surface area (TPSA) is 104 Å². The maximum absolute atomic E-state index is 12.4. The fraction of sp³-hybridized carbons (Fsp3) is 0.200. The Labute approximate surface area is 209 Å². The third-order valence-electron chi connectivity index (χ3n) is 5.29. The molecule has 7 nitrogen and oxygen atoms in total. The number of halogens is 1. The molecular formula is C25H21BrN4O3S. The first-order chi connectivity index (χ1) is 16.5. The zero-order chi connectivity index (χ0) is 23.9. The van der Waals surface area contributed by atoms with Gasteiger partial charge in [-0.2, -0.15) is 10.4 Å². The Balaban J connectivity index is 1.36. The predicted octanol–water partition coefficient (Wildman–Crippen LogP) is 4.93. The zero-order valence-corrected chi connectivity index (χ0v) is 20.5. The quantitative estimate of drug-likeness (QED) is 0.264. The molecule has 1 aliphatic carbocycles. The van der Waals surface area contributed by atoms with Crippen molar-refractivity contribution in [2.75, 3.05) is 5.32 Å². The number of para-hydroxylation sites is 1. The molecule has 0 saturated heterocycles. The second-order valence-electron chi connectivity index (χ2n) is 7.64. The van der Waals surface area contributed by atoms with Crippen LogP contribution in [0.3, 0.4) is 0 Å². The van der Waals surface area contributed by atoms with Crippen LogP contribution in [0.2, 0.25) is 0 Å². The summed E-state index contributed by atoms with van der Waals surface area (Å²) in [6.07, 6.45) is 5.23. The summed E-state index contributed by atoms with van der Waals surface area (Å²) in [6, 6.07) is 17.2. The van der Waals surface area contributed by atoms with Gasteiger partial charge in [-0.05, 0) is 61.1 Å². The number of benzene rings is 2. The van der Waals surface area contributed by atoms with Crippen molar-refractivity contribution in [2.45, 2.75) is 32.3 Å². The number of ether oxygens (including phenoxy) is 1. The van der Waals surface area contributed by atoms with E-state index in [4.69, 9.17) is 4.74 Å². The molecule has 9 heteroatoms. The number of fused-ring (bicyclic) bond motifs is 1. The standard InChI is InChI=1S/C25H21BrN4O3S/c26-18-8-5-6-16(12-18)15-33-21-10-3-1-7-17(21)14-28-30-24(32)23(31)29-25-20(13-27)19-9-2-4-11-22(19)34-25/h1,3,5-8,10,12,14H,2,4,9,11,15H2,(H,29,31)(H,30,32)/b28-14-. The molecule has 172 valence electrons. The van der Waals surface area contributed by atoms with Gasteiger partial charge < -0.3 is 10.1 Å². The number of nitrogens with one attached hydrogen (secondary N) is 2. The highest BCUT2D eigenvalue weighted by molar-refractivity contribution is 9.10. The molecule has 0 aliphatic heterocycles. The lowest BCUT2D eigenvalue weighted by atomic mass is 9.96. The van der Waals surface area contributed by atoms with E-state index in [1.165, 1.54) is 17.6 Å². The van der Waals surface area contributed by atoms with Crippen molar-refractivity contribution in [1.82, 2.24) is 5.43 Å². The Bertz CT molecular complexity index is 1300. The van der Waals surface area contributed by atoms with E-state index in [2.05, 4.69) is 37.8 Å². The molecule has 0 radical (unpaired) electrons. The van der Waals surface area contributed by atoms with Gasteiger partial charge in [0.25, 0.3) is 0 Å². The van der Waals surface area contributed by atoms with Crippen molar-refractivity contribution in [3.63, 3.8) is 0 Å². The molecule has 0 saturated carbocycles. The summed E-state index contributed by atoms with van der Waals surface area (Å²) in [4.78, 5) is 25.7. The van der Waals surface area contributed by atoms with Gasteiger partial charge in [-0.3, -0.25) is 9.59 Å². The summed E-state index contributed by atoms with van der Waals surface area (Å²) >= 11 is 4.81. The SMILES string of the molecule is N#Cc1c(NC(=O)C(=O)N/N=C\c2ccccc2OCc2cccc(Br)c2)sc2c1CCCC2. The lowest BCUT2D eigenvalue weighted by Gasteiger charge is -2.09. The molecule has 34 heavy (non-hydrogen) atoms. The zero-order valence-electron chi connectivity index (χ0n) is 18.1. The number of nitriles is 1. The van der Waals surface area contributed by atoms with E-state index in [1.54, 1.807) is 12.1 Å². The molecule has 2 N–H and O–H groups in total.